The molecule has 4 aromatic rings. The first kappa shape index (κ1) is 35.9. The van der Waals surface area contributed by atoms with Crippen LogP contribution in [-0.4, -0.2) is 22.0 Å². The number of aromatic nitrogens is 2. The SMILES string of the molecule is C.CCc1cc(-c2ccc3c(c2)CC[C@H]3N)no1.CCc1cc(-c2ccc3c(c2)CC[C@H]3NC(=O)OC(C)(C)C)no1.Cl.[2H]CC. The average molecular weight is 640 g/mol. The van der Waals surface area contributed by atoms with Gasteiger partial charge in [0.2, 0.25) is 0 Å². The predicted octanol–water partition coefficient (Wildman–Crippen LogP) is 9.35. The molecule has 8 nitrogen and oxygen atoms in total. The van der Waals surface area contributed by atoms with Gasteiger partial charge in [-0.1, -0.05) is 69.7 Å². The zero-order valence-electron chi connectivity index (χ0n) is 27.7. The molecule has 2 aliphatic carbocycles. The molecule has 1 amide bonds. The van der Waals surface area contributed by atoms with Gasteiger partial charge in [-0.3, -0.25) is 0 Å². The molecule has 0 aliphatic heterocycles. The van der Waals surface area contributed by atoms with Crippen molar-refractivity contribution in [1.29, 1.82) is 0 Å². The summed E-state index contributed by atoms with van der Waals surface area (Å²) < 4.78 is 22.1. The fraction of sp³-hybridized carbons (Fsp3) is 0.472. The van der Waals surface area contributed by atoms with Gasteiger partial charge >= 0.3 is 6.09 Å². The van der Waals surface area contributed by atoms with Crippen LogP contribution in [0.3, 0.4) is 0 Å². The van der Waals surface area contributed by atoms with Gasteiger partial charge in [0.1, 0.15) is 28.5 Å². The number of nitrogens with one attached hydrogen (secondary N) is 1. The molecule has 0 spiro atoms. The smallest absolute Gasteiger partial charge is 0.408 e. The molecule has 246 valence electrons. The predicted molar refractivity (Wildman–Crippen MR) is 184 cm³/mol. The second kappa shape index (κ2) is 16.6. The lowest BCUT2D eigenvalue weighted by Crippen LogP contribution is -2.34. The van der Waals surface area contributed by atoms with E-state index in [1.165, 1.54) is 16.7 Å². The highest BCUT2D eigenvalue weighted by Crippen LogP contribution is 2.35. The van der Waals surface area contributed by atoms with E-state index >= 15 is 0 Å². The van der Waals surface area contributed by atoms with E-state index in [-0.39, 0.29) is 38.0 Å². The van der Waals surface area contributed by atoms with Gasteiger partial charge in [-0.05, 0) is 80.8 Å². The zero-order chi connectivity index (χ0) is 31.9. The van der Waals surface area contributed by atoms with E-state index in [0.717, 1.165) is 78.1 Å². The summed E-state index contributed by atoms with van der Waals surface area (Å²) >= 11 is 0. The number of hydrogen-bond donors (Lipinski definition) is 2. The van der Waals surface area contributed by atoms with Gasteiger partial charge < -0.3 is 24.8 Å². The molecule has 0 fully saturated rings. The van der Waals surface area contributed by atoms with E-state index in [9.17, 15) is 4.79 Å². The fourth-order valence-electron chi connectivity index (χ4n) is 5.42. The van der Waals surface area contributed by atoms with Crippen molar-refractivity contribution >= 4 is 18.5 Å². The molecule has 9 heteroatoms. The molecule has 2 aliphatic rings. The quantitative estimate of drug-likeness (QED) is 0.223. The first-order chi connectivity index (χ1) is 21.0. The second-order valence-corrected chi connectivity index (χ2v) is 11.8. The molecule has 6 rings (SSSR count). The van der Waals surface area contributed by atoms with Gasteiger partial charge in [0, 0.05) is 43.5 Å². The van der Waals surface area contributed by atoms with E-state index in [2.05, 4.69) is 52.9 Å². The number of hydrogen-bond acceptors (Lipinski definition) is 7. The highest BCUT2D eigenvalue weighted by molar-refractivity contribution is 5.85. The van der Waals surface area contributed by atoms with Crippen molar-refractivity contribution < 1.29 is 19.9 Å². The van der Waals surface area contributed by atoms with Gasteiger partial charge in [0.05, 0.1) is 6.04 Å². The molecule has 0 saturated heterocycles. The maximum Gasteiger partial charge on any atom is 0.408 e. The first-order valence-corrected chi connectivity index (χ1v) is 15.3. The van der Waals surface area contributed by atoms with E-state index in [1.807, 2.05) is 45.9 Å². The molecule has 45 heavy (non-hydrogen) atoms. The van der Waals surface area contributed by atoms with Crippen molar-refractivity contribution in [2.24, 2.45) is 5.73 Å². The summed E-state index contributed by atoms with van der Waals surface area (Å²) in [4.78, 5) is 12.0. The molecule has 0 radical (unpaired) electrons. The summed E-state index contributed by atoms with van der Waals surface area (Å²) in [7, 11) is 0. The maximum absolute atomic E-state index is 12.0. The number of fused-ring (bicyclic) bond motifs is 2. The Morgan fingerprint density at radius 3 is 1.91 bits per heavy atom. The van der Waals surface area contributed by atoms with E-state index in [4.69, 9.17) is 20.9 Å². The summed E-state index contributed by atoms with van der Waals surface area (Å²) in [6.07, 6.45) is 5.29. The topological polar surface area (TPSA) is 116 Å². The standard InChI is InChI=1S/C19H24N2O3.C14H16N2O.C2H6.CH4.ClH/c1-5-14-11-17(21-24-14)13-6-8-15-12(10-13)7-9-16(15)20-18(22)23-19(2,3)4;1-2-11-8-14(16-17-11)10-3-5-12-9(7-10)4-6-13(12)15;1-2;;/h6,8,10-11,16H,5,7,9H2,1-4H3,(H,20,22);3,5,7-8,13H,2,4,6,15H2,1H3;1-2H3;1H4;1H/t16-;13-;;;/m11.../s1/i;;1D;;. The van der Waals surface area contributed by atoms with Gasteiger partial charge in [-0.15, -0.1) is 12.4 Å². The average Bonchev–Trinajstić information content (AvgIpc) is 3.80. The number of carbonyl (C=O) groups excluding carboxylic acids is 1. The number of aryl methyl sites for hydroxylation is 4. The molecule has 2 heterocycles. The monoisotopic (exact) mass is 639 g/mol. The zero-order valence-corrected chi connectivity index (χ0v) is 27.6. The summed E-state index contributed by atoms with van der Waals surface area (Å²) in [6, 6.07) is 16.9. The number of ether oxygens (including phenoxy) is 1. The Balaban J connectivity index is 0.000000295. The summed E-state index contributed by atoms with van der Waals surface area (Å²) in [6.45, 7) is 12.0. The van der Waals surface area contributed by atoms with Crippen LogP contribution < -0.4 is 11.1 Å². The number of nitrogens with two attached hydrogens (primary N) is 1. The van der Waals surface area contributed by atoms with Gasteiger partial charge in [-0.25, -0.2) is 4.79 Å². The van der Waals surface area contributed by atoms with Gasteiger partial charge in [0.25, 0.3) is 0 Å². The Bertz CT molecular complexity index is 1540. The van der Waals surface area contributed by atoms with Crippen LogP contribution in [0.2, 0.25) is 0 Å². The van der Waals surface area contributed by atoms with Crippen LogP contribution in [0.25, 0.3) is 22.5 Å². The first-order valence-electron chi connectivity index (χ1n) is 16.0. The molecular weight excluding hydrogens is 588 g/mol. The number of halogens is 1. The minimum Gasteiger partial charge on any atom is -0.444 e. The van der Waals surface area contributed by atoms with Crippen LogP contribution in [0.15, 0.2) is 57.6 Å². The number of amides is 1. The Hall–Kier alpha value is -3.62. The van der Waals surface area contributed by atoms with Crippen molar-refractivity contribution in [2.45, 2.75) is 112 Å². The largest absolute Gasteiger partial charge is 0.444 e. The Labute approximate surface area is 276 Å². The minimum absolute atomic E-state index is 0. The van der Waals surface area contributed by atoms with Crippen molar-refractivity contribution in [3.63, 3.8) is 0 Å². The van der Waals surface area contributed by atoms with E-state index < -0.39 is 5.60 Å². The van der Waals surface area contributed by atoms with Crippen LogP contribution in [-0.2, 0) is 30.4 Å². The third kappa shape index (κ3) is 9.44. The maximum atomic E-state index is 12.0. The number of benzene rings is 2. The lowest BCUT2D eigenvalue weighted by Gasteiger charge is -2.22. The third-order valence-electron chi connectivity index (χ3n) is 7.59. The van der Waals surface area contributed by atoms with E-state index in [1.54, 1.807) is 6.92 Å². The van der Waals surface area contributed by atoms with Crippen LogP contribution in [0.4, 0.5) is 4.79 Å². The number of nitrogens with zero attached hydrogens (tertiary/aromatic N) is 2. The van der Waals surface area contributed by atoms with E-state index in [0.29, 0.717) is 6.90 Å². The number of carbonyl (C=O) groups is 1. The van der Waals surface area contributed by atoms with Crippen molar-refractivity contribution in [3.8, 4) is 22.5 Å². The molecule has 2 atom stereocenters. The fourth-order valence-corrected chi connectivity index (χ4v) is 5.42. The highest BCUT2D eigenvalue weighted by Gasteiger charge is 2.27. The van der Waals surface area contributed by atoms with Gasteiger partial charge in [-0.2, -0.15) is 0 Å². The second-order valence-electron chi connectivity index (χ2n) is 11.8. The molecule has 0 unspecified atom stereocenters. The van der Waals surface area contributed by atoms with Crippen molar-refractivity contribution in [1.82, 2.24) is 15.6 Å². The Morgan fingerprint density at radius 2 is 1.42 bits per heavy atom. The number of rotatable bonds is 5. The van der Waals surface area contributed by atoms with Crippen LogP contribution in [0.5, 0.6) is 0 Å². The molecule has 2 aromatic carbocycles. The van der Waals surface area contributed by atoms with Crippen LogP contribution in [0, 0.1) is 0 Å². The summed E-state index contributed by atoms with van der Waals surface area (Å²) in [5.74, 6) is 1.81. The van der Waals surface area contributed by atoms with Gasteiger partial charge in [0.15, 0.2) is 0 Å². The van der Waals surface area contributed by atoms with Crippen molar-refractivity contribution in [2.75, 3.05) is 0 Å². The Kier molecular flexibility index (Phi) is 13.2. The summed E-state index contributed by atoms with van der Waals surface area (Å²) in [5.41, 5.74) is 14.5. The Morgan fingerprint density at radius 1 is 0.933 bits per heavy atom. The molecule has 0 saturated carbocycles. The lowest BCUT2D eigenvalue weighted by molar-refractivity contribution is 0.0503. The molecule has 0 bridgehead atoms. The minimum atomic E-state index is -0.487. The molecule has 2 aromatic heterocycles. The third-order valence-corrected chi connectivity index (χ3v) is 7.59. The van der Waals surface area contributed by atoms with Crippen molar-refractivity contribution in [3.05, 3.63) is 82.3 Å². The molecule has 3 N–H and O–H groups in total. The van der Waals surface area contributed by atoms with Crippen LogP contribution >= 0.6 is 12.4 Å². The van der Waals surface area contributed by atoms with Crippen LogP contribution in [0.1, 0.15) is 116 Å². The lowest BCUT2D eigenvalue weighted by atomic mass is 10.0. The number of alkyl carbamates (subject to hydrolysis) is 1. The molecular formula is C36H51ClN4O4. The summed E-state index contributed by atoms with van der Waals surface area (Å²) in [5, 5.41) is 11.2. The highest BCUT2D eigenvalue weighted by atomic mass is 35.5. The normalized spacial score (nSPS) is 16.3.